The van der Waals surface area contributed by atoms with E-state index in [2.05, 4.69) is 0 Å². The zero-order valence-electron chi connectivity index (χ0n) is 11.1. The Labute approximate surface area is 116 Å². The lowest BCUT2D eigenvalue weighted by Crippen LogP contribution is -2.15. The zero-order valence-corrected chi connectivity index (χ0v) is 11.1. The van der Waals surface area contributed by atoms with Crippen molar-refractivity contribution in [1.29, 1.82) is 0 Å². The number of hydrogen-bond acceptors (Lipinski definition) is 2. The van der Waals surface area contributed by atoms with Gasteiger partial charge in [-0.1, -0.05) is 12.1 Å². The second kappa shape index (κ2) is 6.48. The van der Waals surface area contributed by atoms with Gasteiger partial charge >= 0.3 is 0 Å². The van der Waals surface area contributed by atoms with Gasteiger partial charge in [-0.05, 0) is 47.9 Å². The molecule has 0 aliphatic rings. The molecule has 0 amide bonds. The fraction of sp³-hybridized carbons (Fsp3) is 0.250. The van der Waals surface area contributed by atoms with E-state index in [-0.39, 0.29) is 12.0 Å². The van der Waals surface area contributed by atoms with E-state index in [9.17, 15) is 13.9 Å². The van der Waals surface area contributed by atoms with Gasteiger partial charge < -0.3 is 9.84 Å². The molecule has 0 aliphatic heterocycles. The Hall–Kier alpha value is -1.94. The molecular formula is C16H16F2O2. The molecule has 0 aromatic heterocycles. The van der Waals surface area contributed by atoms with E-state index in [1.165, 1.54) is 0 Å². The van der Waals surface area contributed by atoms with Gasteiger partial charge in [0.1, 0.15) is 17.4 Å². The first-order chi connectivity index (χ1) is 9.58. The van der Waals surface area contributed by atoms with Crippen LogP contribution >= 0.6 is 0 Å². The van der Waals surface area contributed by atoms with Crippen molar-refractivity contribution < 1.29 is 18.6 Å². The van der Waals surface area contributed by atoms with Gasteiger partial charge in [-0.3, -0.25) is 0 Å². The number of aliphatic hydroxyl groups excluding tert-OH is 1. The van der Waals surface area contributed by atoms with Crippen LogP contribution in [-0.4, -0.2) is 18.3 Å². The molecule has 2 rings (SSSR count). The van der Waals surface area contributed by atoms with Crippen LogP contribution in [0.4, 0.5) is 8.78 Å². The van der Waals surface area contributed by atoms with Crippen molar-refractivity contribution in [2.45, 2.75) is 18.9 Å². The molecule has 0 aliphatic carbocycles. The Morgan fingerprint density at radius 3 is 2.65 bits per heavy atom. The second-order valence-corrected chi connectivity index (χ2v) is 4.65. The van der Waals surface area contributed by atoms with Crippen molar-refractivity contribution in [1.82, 2.24) is 0 Å². The summed E-state index contributed by atoms with van der Waals surface area (Å²) in [7, 11) is 1.57. The van der Waals surface area contributed by atoms with E-state index in [0.29, 0.717) is 12.2 Å². The van der Waals surface area contributed by atoms with Crippen LogP contribution in [0.2, 0.25) is 0 Å². The lowest BCUT2D eigenvalue weighted by atomic mass is 10.0. The molecule has 0 bridgehead atoms. The fourth-order valence-corrected chi connectivity index (χ4v) is 2.10. The first kappa shape index (κ1) is 14.5. The maximum atomic E-state index is 13.5. The van der Waals surface area contributed by atoms with Crippen molar-refractivity contribution >= 4 is 0 Å². The van der Waals surface area contributed by atoms with Crippen LogP contribution in [0.1, 0.15) is 11.1 Å². The summed E-state index contributed by atoms with van der Waals surface area (Å²) in [5.41, 5.74) is 1.06. The molecule has 2 aromatic rings. The number of hydrogen-bond donors (Lipinski definition) is 1. The summed E-state index contributed by atoms with van der Waals surface area (Å²) >= 11 is 0. The molecule has 20 heavy (non-hydrogen) atoms. The van der Waals surface area contributed by atoms with E-state index >= 15 is 0 Å². The second-order valence-electron chi connectivity index (χ2n) is 4.65. The maximum Gasteiger partial charge on any atom is 0.126 e. The summed E-state index contributed by atoms with van der Waals surface area (Å²) in [5, 5.41) is 10.0. The summed E-state index contributed by atoms with van der Waals surface area (Å²) in [6.45, 7) is 0. The molecule has 0 heterocycles. The average molecular weight is 278 g/mol. The van der Waals surface area contributed by atoms with Crippen LogP contribution in [0.5, 0.6) is 5.75 Å². The number of methoxy groups -OCH3 is 1. The van der Waals surface area contributed by atoms with Crippen molar-refractivity contribution in [3.05, 3.63) is 65.2 Å². The average Bonchev–Trinajstić information content (AvgIpc) is 2.43. The minimum Gasteiger partial charge on any atom is -0.497 e. The molecular weight excluding hydrogens is 262 g/mol. The third kappa shape index (κ3) is 3.78. The standard InChI is InChI=1S/C16H16F2O2/c1-20-15-4-2-3-11(8-15)7-14(19)10-12-9-13(17)5-6-16(12)18/h2-6,8-9,14,19H,7,10H2,1H3. The highest BCUT2D eigenvalue weighted by molar-refractivity contribution is 5.29. The largest absolute Gasteiger partial charge is 0.497 e. The van der Waals surface area contributed by atoms with Crippen LogP contribution in [0, 0.1) is 11.6 Å². The number of aliphatic hydroxyl groups is 1. The number of rotatable bonds is 5. The van der Waals surface area contributed by atoms with Crippen LogP contribution in [-0.2, 0) is 12.8 Å². The van der Waals surface area contributed by atoms with Crippen LogP contribution in [0.25, 0.3) is 0 Å². The molecule has 1 N–H and O–H groups in total. The third-order valence-electron chi connectivity index (χ3n) is 3.07. The predicted octanol–water partition coefficient (Wildman–Crippen LogP) is 3.12. The smallest absolute Gasteiger partial charge is 0.126 e. The van der Waals surface area contributed by atoms with Crippen molar-refractivity contribution in [3.63, 3.8) is 0 Å². The third-order valence-corrected chi connectivity index (χ3v) is 3.07. The molecule has 0 radical (unpaired) electrons. The number of benzene rings is 2. The molecule has 2 aromatic carbocycles. The van der Waals surface area contributed by atoms with E-state index in [1.807, 2.05) is 24.3 Å². The summed E-state index contributed by atoms with van der Waals surface area (Å²) in [6.07, 6.45) is -0.355. The summed E-state index contributed by atoms with van der Waals surface area (Å²) < 4.78 is 31.6. The number of ether oxygens (including phenoxy) is 1. The molecule has 0 spiro atoms. The van der Waals surface area contributed by atoms with Crippen molar-refractivity contribution in [3.8, 4) is 5.75 Å². The maximum absolute atomic E-state index is 13.5. The van der Waals surface area contributed by atoms with Gasteiger partial charge in [-0.15, -0.1) is 0 Å². The first-order valence-electron chi connectivity index (χ1n) is 6.33. The highest BCUT2D eigenvalue weighted by atomic mass is 19.1. The molecule has 0 saturated carbocycles. The summed E-state index contributed by atoms with van der Waals surface area (Å²) in [5.74, 6) is -0.308. The van der Waals surface area contributed by atoms with Crippen LogP contribution in [0.3, 0.4) is 0 Å². The van der Waals surface area contributed by atoms with Gasteiger partial charge in [0.25, 0.3) is 0 Å². The Morgan fingerprint density at radius 2 is 1.90 bits per heavy atom. The molecule has 2 nitrogen and oxygen atoms in total. The fourth-order valence-electron chi connectivity index (χ4n) is 2.10. The molecule has 1 unspecified atom stereocenters. The van der Waals surface area contributed by atoms with Gasteiger partial charge in [0.15, 0.2) is 0 Å². The first-order valence-corrected chi connectivity index (χ1v) is 6.33. The van der Waals surface area contributed by atoms with Crippen LogP contribution in [0.15, 0.2) is 42.5 Å². The minimum absolute atomic E-state index is 0.0702. The van der Waals surface area contributed by atoms with Crippen molar-refractivity contribution in [2.24, 2.45) is 0 Å². The van der Waals surface area contributed by atoms with E-state index < -0.39 is 17.7 Å². The Morgan fingerprint density at radius 1 is 1.10 bits per heavy atom. The monoisotopic (exact) mass is 278 g/mol. The van der Waals surface area contributed by atoms with E-state index in [0.717, 1.165) is 23.8 Å². The van der Waals surface area contributed by atoms with E-state index in [4.69, 9.17) is 4.74 Å². The highest BCUT2D eigenvalue weighted by Crippen LogP contribution is 2.17. The molecule has 1 atom stereocenters. The highest BCUT2D eigenvalue weighted by Gasteiger charge is 2.11. The van der Waals surface area contributed by atoms with E-state index in [1.54, 1.807) is 7.11 Å². The predicted molar refractivity (Wildman–Crippen MR) is 72.8 cm³/mol. The summed E-state index contributed by atoms with van der Waals surface area (Å²) in [6, 6.07) is 10.5. The lowest BCUT2D eigenvalue weighted by molar-refractivity contribution is 0.174. The Balaban J connectivity index is 2.04. The van der Waals surface area contributed by atoms with Gasteiger partial charge in [-0.2, -0.15) is 0 Å². The SMILES string of the molecule is COc1cccc(CC(O)Cc2cc(F)ccc2F)c1. The summed E-state index contributed by atoms with van der Waals surface area (Å²) in [4.78, 5) is 0. The molecule has 0 fully saturated rings. The topological polar surface area (TPSA) is 29.5 Å². The lowest BCUT2D eigenvalue weighted by Gasteiger charge is -2.12. The number of halogens is 2. The van der Waals surface area contributed by atoms with Gasteiger partial charge in [-0.25, -0.2) is 8.78 Å². The molecule has 4 heteroatoms. The Kier molecular flexibility index (Phi) is 4.69. The quantitative estimate of drug-likeness (QED) is 0.910. The Bertz CT molecular complexity index is 584. The van der Waals surface area contributed by atoms with Gasteiger partial charge in [0.2, 0.25) is 0 Å². The van der Waals surface area contributed by atoms with Gasteiger partial charge in [0, 0.05) is 6.42 Å². The zero-order chi connectivity index (χ0) is 14.5. The van der Waals surface area contributed by atoms with Crippen LogP contribution < -0.4 is 4.74 Å². The van der Waals surface area contributed by atoms with Crippen molar-refractivity contribution in [2.75, 3.05) is 7.11 Å². The van der Waals surface area contributed by atoms with Gasteiger partial charge in [0.05, 0.1) is 13.2 Å². The minimum atomic E-state index is -0.779. The normalized spacial score (nSPS) is 12.2. The molecule has 0 saturated heterocycles. The molecule has 106 valence electrons.